The fourth-order valence-electron chi connectivity index (χ4n) is 2.73. The average molecular weight is 419 g/mol. The van der Waals surface area contributed by atoms with Gasteiger partial charge >= 0.3 is 5.97 Å². The van der Waals surface area contributed by atoms with Crippen LogP contribution >= 0.6 is 0 Å². The fourth-order valence-corrected chi connectivity index (χ4v) is 2.73. The summed E-state index contributed by atoms with van der Waals surface area (Å²) in [7, 11) is 0. The molecule has 1 aromatic heterocycles. The molecule has 0 aliphatic heterocycles. The number of hydrogen-bond acceptors (Lipinski definition) is 6. The van der Waals surface area contributed by atoms with E-state index in [1.54, 1.807) is 44.6 Å². The monoisotopic (exact) mass is 418 g/mol. The topological polar surface area (TPSA) is 110 Å². The minimum atomic E-state index is -0.800. The number of hydrogen-bond donors (Lipinski definition) is 2. The predicted octanol–water partition coefficient (Wildman–Crippen LogP) is 2.12. The Hall–Kier alpha value is -2.77. The maximum atomic E-state index is 13.0. The first-order chi connectivity index (χ1) is 14.2. The van der Waals surface area contributed by atoms with Crippen molar-refractivity contribution in [3.05, 3.63) is 30.1 Å². The van der Waals surface area contributed by atoms with Gasteiger partial charge in [-0.1, -0.05) is 34.1 Å². The summed E-state index contributed by atoms with van der Waals surface area (Å²) in [5, 5.41) is 5.47. The molecule has 4 atom stereocenters. The maximum absolute atomic E-state index is 13.0. The number of ether oxygens (including phenoxy) is 1. The molecule has 2 amide bonds. The molecule has 1 heterocycles. The van der Waals surface area contributed by atoms with Gasteiger partial charge < -0.3 is 15.4 Å². The van der Waals surface area contributed by atoms with Gasteiger partial charge in [0.2, 0.25) is 11.8 Å². The third-order valence-electron chi connectivity index (χ3n) is 4.78. The van der Waals surface area contributed by atoms with Crippen LogP contribution in [0.15, 0.2) is 29.5 Å². The Morgan fingerprint density at radius 2 is 1.70 bits per heavy atom. The summed E-state index contributed by atoms with van der Waals surface area (Å²) in [5.41, 5.74) is 0.836. The summed E-state index contributed by atoms with van der Waals surface area (Å²) in [5.74, 6) is -1.46. The van der Waals surface area contributed by atoms with Crippen molar-refractivity contribution < 1.29 is 19.1 Å². The molecule has 0 saturated heterocycles. The van der Waals surface area contributed by atoms with Crippen molar-refractivity contribution in [2.75, 3.05) is 6.61 Å². The Bertz CT molecular complexity index is 721. The Kier molecular flexibility index (Phi) is 10.7. The minimum Gasteiger partial charge on any atom is -0.464 e. The summed E-state index contributed by atoms with van der Waals surface area (Å²) >= 11 is 0. The van der Waals surface area contributed by atoms with Gasteiger partial charge in [0.1, 0.15) is 18.1 Å². The van der Waals surface area contributed by atoms with Crippen molar-refractivity contribution in [2.24, 2.45) is 16.8 Å². The molecule has 0 saturated carbocycles. The van der Waals surface area contributed by atoms with E-state index in [-0.39, 0.29) is 24.3 Å². The zero-order chi connectivity index (χ0) is 22.7. The van der Waals surface area contributed by atoms with Crippen molar-refractivity contribution in [1.82, 2.24) is 15.6 Å². The van der Waals surface area contributed by atoms with Crippen molar-refractivity contribution in [2.45, 2.75) is 66.1 Å². The molecule has 0 radical (unpaired) electrons. The van der Waals surface area contributed by atoms with Crippen molar-refractivity contribution in [3.8, 4) is 0 Å². The van der Waals surface area contributed by atoms with Gasteiger partial charge in [-0.15, -0.1) is 0 Å². The smallest absolute Gasteiger partial charge is 0.328 e. The molecule has 0 bridgehead atoms. The van der Waals surface area contributed by atoms with Crippen LogP contribution in [-0.4, -0.2) is 53.7 Å². The number of rotatable bonds is 11. The molecular formula is C22H34N4O4. The zero-order valence-electron chi connectivity index (χ0n) is 18.7. The summed E-state index contributed by atoms with van der Waals surface area (Å²) in [4.78, 5) is 46.0. The number of aromatic nitrogens is 1. The highest BCUT2D eigenvalue weighted by atomic mass is 16.5. The molecule has 8 nitrogen and oxygen atoms in total. The number of carbonyl (C=O) groups is 3. The largest absolute Gasteiger partial charge is 0.464 e. The molecule has 30 heavy (non-hydrogen) atoms. The maximum Gasteiger partial charge on any atom is 0.328 e. The van der Waals surface area contributed by atoms with Gasteiger partial charge in [0.15, 0.2) is 0 Å². The molecule has 1 unspecified atom stereocenters. The lowest BCUT2D eigenvalue weighted by molar-refractivity contribution is -0.147. The van der Waals surface area contributed by atoms with Crippen LogP contribution in [0.4, 0.5) is 0 Å². The van der Waals surface area contributed by atoms with Gasteiger partial charge in [-0.25, -0.2) is 4.79 Å². The second kappa shape index (κ2) is 12.7. The molecule has 0 spiro atoms. The third kappa shape index (κ3) is 7.93. The lowest BCUT2D eigenvalue weighted by atomic mass is 9.96. The SMILES string of the molecule is CCOC(=O)[C@H](C)NC(=O)[C@@H](NC(=O)[C@@H](N=Cc1ccncc1)C(C)C)C(C)CC. The van der Waals surface area contributed by atoms with E-state index in [9.17, 15) is 14.4 Å². The van der Waals surface area contributed by atoms with E-state index in [1.807, 2.05) is 27.7 Å². The van der Waals surface area contributed by atoms with Crippen LogP contribution in [0.25, 0.3) is 0 Å². The van der Waals surface area contributed by atoms with E-state index in [1.165, 1.54) is 0 Å². The second-order valence-corrected chi connectivity index (χ2v) is 7.60. The molecule has 8 heteroatoms. The fraction of sp³-hybridized carbons (Fsp3) is 0.591. The quantitative estimate of drug-likeness (QED) is 0.423. The van der Waals surface area contributed by atoms with Gasteiger partial charge in [0.05, 0.1) is 6.61 Å². The molecule has 166 valence electrons. The summed E-state index contributed by atoms with van der Waals surface area (Å²) < 4.78 is 4.93. The predicted molar refractivity (Wildman–Crippen MR) is 116 cm³/mol. The second-order valence-electron chi connectivity index (χ2n) is 7.60. The van der Waals surface area contributed by atoms with E-state index < -0.39 is 30.0 Å². The molecule has 1 aromatic rings. The van der Waals surface area contributed by atoms with E-state index in [0.29, 0.717) is 6.42 Å². The molecule has 0 aliphatic rings. The summed E-state index contributed by atoms with van der Waals surface area (Å²) in [6, 6.07) is 1.36. The van der Waals surface area contributed by atoms with Crippen LogP contribution in [0.2, 0.25) is 0 Å². The average Bonchev–Trinajstić information content (AvgIpc) is 2.72. The van der Waals surface area contributed by atoms with Gasteiger partial charge in [0, 0.05) is 18.6 Å². The van der Waals surface area contributed by atoms with Gasteiger partial charge in [-0.05, 0) is 43.4 Å². The lowest BCUT2D eigenvalue weighted by Crippen LogP contribution is -2.55. The molecule has 0 fully saturated rings. The van der Waals surface area contributed by atoms with E-state index >= 15 is 0 Å². The van der Waals surface area contributed by atoms with Crippen LogP contribution in [0.3, 0.4) is 0 Å². The number of nitrogens with zero attached hydrogens (tertiary/aromatic N) is 2. The van der Waals surface area contributed by atoms with Crippen molar-refractivity contribution >= 4 is 24.0 Å². The Labute approximate surface area is 178 Å². The number of nitrogens with one attached hydrogen (secondary N) is 2. The minimum absolute atomic E-state index is 0.0674. The summed E-state index contributed by atoms with van der Waals surface area (Å²) in [6.07, 6.45) is 5.62. The Morgan fingerprint density at radius 3 is 2.23 bits per heavy atom. The highest BCUT2D eigenvalue weighted by Crippen LogP contribution is 2.12. The molecule has 2 N–H and O–H groups in total. The standard InChI is InChI=1S/C22H34N4O4/c1-7-15(5)19(21(28)25-16(6)22(29)30-8-2)26-20(27)18(14(3)4)24-13-17-9-11-23-12-10-17/h9-16,18-19H,7-8H2,1-6H3,(H,25,28)(H,26,27)/t15?,16-,18-,19-/m0/s1. The van der Waals surface area contributed by atoms with E-state index in [4.69, 9.17) is 4.74 Å². The van der Waals surface area contributed by atoms with Crippen LogP contribution in [0, 0.1) is 11.8 Å². The molecule has 0 aromatic carbocycles. The van der Waals surface area contributed by atoms with Crippen LogP contribution in [-0.2, 0) is 19.1 Å². The van der Waals surface area contributed by atoms with Crippen LogP contribution < -0.4 is 10.6 Å². The highest BCUT2D eigenvalue weighted by Gasteiger charge is 2.31. The van der Waals surface area contributed by atoms with E-state index in [0.717, 1.165) is 5.56 Å². The van der Waals surface area contributed by atoms with Crippen molar-refractivity contribution in [1.29, 1.82) is 0 Å². The first-order valence-electron chi connectivity index (χ1n) is 10.4. The van der Waals surface area contributed by atoms with Crippen LogP contribution in [0.1, 0.15) is 53.5 Å². The number of amides is 2. The molecule has 1 rings (SSSR count). The van der Waals surface area contributed by atoms with E-state index in [2.05, 4.69) is 20.6 Å². The zero-order valence-corrected chi connectivity index (χ0v) is 18.7. The van der Waals surface area contributed by atoms with Gasteiger partial charge in [-0.2, -0.15) is 0 Å². The third-order valence-corrected chi connectivity index (χ3v) is 4.78. The first-order valence-corrected chi connectivity index (χ1v) is 10.4. The van der Waals surface area contributed by atoms with Gasteiger partial charge in [0.25, 0.3) is 0 Å². The first kappa shape index (κ1) is 25.3. The lowest BCUT2D eigenvalue weighted by Gasteiger charge is -2.27. The normalized spacial score (nSPS) is 15.3. The number of pyridine rings is 1. The molecule has 0 aliphatic carbocycles. The molecular weight excluding hydrogens is 384 g/mol. The number of aliphatic imine (C=N–C) groups is 1. The van der Waals surface area contributed by atoms with Crippen LogP contribution in [0.5, 0.6) is 0 Å². The Balaban J connectivity index is 2.92. The number of esters is 1. The highest BCUT2D eigenvalue weighted by molar-refractivity contribution is 5.93. The summed E-state index contributed by atoms with van der Waals surface area (Å²) in [6.45, 7) is 11.1. The van der Waals surface area contributed by atoms with Gasteiger partial charge in [-0.3, -0.25) is 19.6 Å². The number of carbonyl (C=O) groups excluding carboxylic acids is 3. The Morgan fingerprint density at radius 1 is 1.07 bits per heavy atom. The van der Waals surface area contributed by atoms with Crippen molar-refractivity contribution in [3.63, 3.8) is 0 Å².